The highest BCUT2D eigenvalue weighted by atomic mass is 35.6. The molecule has 0 unspecified atom stereocenters. The average Bonchev–Trinajstić information content (AvgIpc) is 2.43. The van der Waals surface area contributed by atoms with Crippen LogP contribution in [0.4, 0.5) is 0 Å². The summed E-state index contributed by atoms with van der Waals surface area (Å²) in [7, 11) is 0.641. The lowest BCUT2D eigenvalue weighted by atomic mass is 10.0. The number of hydrogen-bond acceptors (Lipinski definition) is 0. The van der Waals surface area contributed by atoms with Crippen LogP contribution in [-0.4, -0.2) is 8.83 Å². The maximum absolute atomic E-state index is 5.69. The molecule has 2 radical (unpaired) electrons. The van der Waals surface area contributed by atoms with Crippen molar-refractivity contribution in [1.82, 2.24) is 0 Å². The first kappa shape index (κ1) is 19.5. The van der Waals surface area contributed by atoms with Crippen molar-refractivity contribution in [2.45, 2.75) is 109 Å². The quantitative estimate of drug-likeness (QED) is 0.161. The molecule has 114 valence electrons. The molecule has 0 saturated carbocycles. The Morgan fingerprint density at radius 1 is 0.526 bits per heavy atom. The monoisotopic (exact) mass is 302 g/mol. The Bertz CT molecular complexity index is 134. The third-order valence-corrected chi connectivity index (χ3v) is 4.98. The van der Waals surface area contributed by atoms with Crippen molar-refractivity contribution in [2.24, 2.45) is 0 Å². The van der Waals surface area contributed by atoms with Crippen molar-refractivity contribution in [3.8, 4) is 0 Å². The molecule has 0 aromatic carbocycles. The zero-order valence-corrected chi connectivity index (χ0v) is 14.9. The maximum atomic E-state index is 5.69. The lowest BCUT2D eigenvalue weighted by Gasteiger charge is -2.03. The molecular formula is C17H35ClSi. The van der Waals surface area contributed by atoms with Gasteiger partial charge in [0.05, 0.1) is 0 Å². The number of halogens is 1. The minimum absolute atomic E-state index is 0.641. The molecule has 0 saturated heterocycles. The van der Waals surface area contributed by atoms with Gasteiger partial charge in [0.25, 0.3) is 0 Å². The Balaban J connectivity index is 2.88. The molecule has 0 aliphatic rings. The van der Waals surface area contributed by atoms with E-state index in [4.69, 9.17) is 11.1 Å². The van der Waals surface area contributed by atoms with Crippen LogP contribution >= 0.6 is 11.1 Å². The highest BCUT2D eigenvalue weighted by molar-refractivity contribution is 6.93. The minimum atomic E-state index is 0.641. The van der Waals surface area contributed by atoms with Crippen LogP contribution in [0.15, 0.2) is 0 Å². The van der Waals surface area contributed by atoms with Gasteiger partial charge in [-0.25, -0.2) is 0 Å². The lowest BCUT2D eigenvalue weighted by molar-refractivity contribution is 0.534. The third-order valence-electron chi connectivity index (χ3n) is 3.87. The van der Waals surface area contributed by atoms with Gasteiger partial charge in [0.15, 0.2) is 8.83 Å². The Labute approximate surface area is 129 Å². The first-order chi connectivity index (χ1) is 9.41. The lowest BCUT2D eigenvalue weighted by Crippen LogP contribution is -1.84. The van der Waals surface area contributed by atoms with E-state index in [1.54, 1.807) is 0 Å². The fourth-order valence-electron chi connectivity index (χ4n) is 2.56. The molecule has 19 heavy (non-hydrogen) atoms. The summed E-state index contributed by atoms with van der Waals surface area (Å²) >= 11 is 5.69. The molecule has 0 amide bonds. The summed E-state index contributed by atoms with van der Waals surface area (Å²) < 4.78 is 0. The largest absolute Gasteiger partial charge is 0.171 e. The van der Waals surface area contributed by atoms with E-state index in [1.165, 1.54) is 102 Å². The first-order valence-electron chi connectivity index (χ1n) is 8.75. The first-order valence-corrected chi connectivity index (χ1v) is 11.0. The van der Waals surface area contributed by atoms with Crippen LogP contribution in [0, 0.1) is 0 Å². The summed E-state index contributed by atoms with van der Waals surface area (Å²) in [5, 5.41) is 0. The van der Waals surface area contributed by atoms with Crippen LogP contribution in [-0.2, 0) is 0 Å². The Kier molecular flexibility index (Phi) is 19.0. The molecule has 0 aromatic heterocycles. The van der Waals surface area contributed by atoms with Crippen LogP contribution in [0.5, 0.6) is 0 Å². The van der Waals surface area contributed by atoms with Crippen molar-refractivity contribution in [2.75, 3.05) is 0 Å². The van der Waals surface area contributed by atoms with Gasteiger partial charge in [0.2, 0.25) is 0 Å². The van der Waals surface area contributed by atoms with Crippen molar-refractivity contribution >= 4 is 19.9 Å². The SMILES string of the molecule is CCCCCCCCCCCCCCCCC[Si]Cl. The average molecular weight is 303 g/mol. The molecule has 0 N–H and O–H groups in total. The van der Waals surface area contributed by atoms with Crippen LogP contribution in [0.2, 0.25) is 6.04 Å². The zero-order valence-electron chi connectivity index (χ0n) is 13.2. The predicted octanol–water partition coefficient (Wildman–Crippen LogP) is 7.13. The molecule has 0 fully saturated rings. The van der Waals surface area contributed by atoms with Crippen LogP contribution in [0.1, 0.15) is 103 Å². The van der Waals surface area contributed by atoms with E-state index in [0.29, 0.717) is 8.83 Å². The number of rotatable bonds is 16. The Morgan fingerprint density at radius 3 is 1.16 bits per heavy atom. The molecule has 0 bridgehead atoms. The minimum Gasteiger partial charge on any atom is -0.171 e. The topological polar surface area (TPSA) is 0 Å². The third kappa shape index (κ3) is 18.5. The van der Waals surface area contributed by atoms with E-state index in [1.807, 2.05) is 0 Å². The second-order valence-corrected chi connectivity index (χ2v) is 7.40. The maximum Gasteiger partial charge on any atom is 0.171 e. The van der Waals surface area contributed by atoms with Gasteiger partial charge in [0.1, 0.15) is 0 Å². The van der Waals surface area contributed by atoms with Gasteiger partial charge in [-0.2, -0.15) is 11.1 Å². The predicted molar refractivity (Wildman–Crippen MR) is 91.3 cm³/mol. The molecule has 0 aliphatic heterocycles. The van der Waals surface area contributed by atoms with E-state index in [9.17, 15) is 0 Å². The van der Waals surface area contributed by atoms with Crippen molar-refractivity contribution in [3.63, 3.8) is 0 Å². The number of unbranched alkanes of at least 4 members (excludes halogenated alkanes) is 14. The summed E-state index contributed by atoms with van der Waals surface area (Å²) in [5.41, 5.74) is 0. The van der Waals surface area contributed by atoms with Crippen LogP contribution in [0.3, 0.4) is 0 Å². The second-order valence-electron chi connectivity index (χ2n) is 5.83. The summed E-state index contributed by atoms with van der Waals surface area (Å²) in [6.07, 6.45) is 21.6. The molecule has 0 heterocycles. The number of hydrogen-bond donors (Lipinski definition) is 0. The van der Waals surface area contributed by atoms with Gasteiger partial charge in [-0.15, -0.1) is 0 Å². The fraction of sp³-hybridized carbons (Fsp3) is 1.00. The van der Waals surface area contributed by atoms with Crippen molar-refractivity contribution < 1.29 is 0 Å². The van der Waals surface area contributed by atoms with E-state index >= 15 is 0 Å². The Morgan fingerprint density at radius 2 is 0.842 bits per heavy atom. The van der Waals surface area contributed by atoms with Gasteiger partial charge < -0.3 is 0 Å². The van der Waals surface area contributed by atoms with E-state index in [0.717, 1.165) is 0 Å². The van der Waals surface area contributed by atoms with Crippen LogP contribution in [0.25, 0.3) is 0 Å². The molecule has 0 nitrogen and oxygen atoms in total. The fourth-order valence-corrected chi connectivity index (χ4v) is 3.35. The molecule has 2 heteroatoms. The van der Waals surface area contributed by atoms with Crippen molar-refractivity contribution in [1.29, 1.82) is 0 Å². The highest BCUT2D eigenvalue weighted by Gasteiger charge is 1.94. The normalized spacial score (nSPS) is 11.1. The summed E-state index contributed by atoms with van der Waals surface area (Å²) in [4.78, 5) is 0. The molecule has 0 aliphatic carbocycles. The zero-order chi connectivity index (χ0) is 14.0. The van der Waals surface area contributed by atoms with Gasteiger partial charge in [-0.3, -0.25) is 0 Å². The van der Waals surface area contributed by atoms with Crippen molar-refractivity contribution in [3.05, 3.63) is 0 Å². The standard InChI is InChI=1S/C17H35ClSi/c1-2-3-4-5-6-7-8-9-10-11-12-13-14-15-16-17-19-18/h2-17H2,1H3. The highest BCUT2D eigenvalue weighted by Crippen LogP contribution is 2.13. The van der Waals surface area contributed by atoms with E-state index in [-0.39, 0.29) is 0 Å². The van der Waals surface area contributed by atoms with E-state index in [2.05, 4.69) is 6.92 Å². The molecule has 0 rings (SSSR count). The smallest absolute Gasteiger partial charge is 0.171 e. The molecular weight excluding hydrogens is 268 g/mol. The molecule has 0 aromatic rings. The summed E-state index contributed by atoms with van der Waals surface area (Å²) in [6, 6.07) is 1.24. The molecule has 0 atom stereocenters. The molecule has 0 spiro atoms. The summed E-state index contributed by atoms with van der Waals surface area (Å²) in [6.45, 7) is 2.29. The summed E-state index contributed by atoms with van der Waals surface area (Å²) in [5.74, 6) is 0. The van der Waals surface area contributed by atoms with Crippen LogP contribution < -0.4 is 0 Å². The Hall–Kier alpha value is 0.507. The van der Waals surface area contributed by atoms with Gasteiger partial charge in [-0.05, 0) is 6.04 Å². The van der Waals surface area contributed by atoms with Gasteiger partial charge in [-0.1, -0.05) is 103 Å². The van der Waals surface area contributed by atoms with E-state index < -0.39 is 0 Å². The second kappa shape index (κ2) is 18.5. The van der Waals surface area contributed by atoms with Gasteiger partial charge in [0, 0.05) is 0 Å². The van der Waals surface area contributed by atoms with Gasteiger partial charge >= 0.3 is 0 Å².